The molecule has 2 amide bonds. The average molecular weight is 440 g/mol. The van der Waals surface area contributed by atoms with E-state index in [1.807, 2.05) is 81.5 Å². The molecule has 1 N–H and O–H groups in total. The van der Waals surface area contributed by atoms with Gasteiger partial charge in [-0.2, -0.15) is 0 Å². The highest BCUT2D eigenvalue weighted by Crippen LogP contribution is 2.28. The molecule has 1 aromatic carbocycles. The largest absolute Gasteiger partial charge is 0.467 e. The van der Waals surface area contributed by atoms with E-state index < -0.39 is 5.41 Å². The number of carbonyl (C=O) groups is 2. The van der Waals surface area contributed by atoms with Gasteiger partial charge in [0, 0.05) is 37.4 Å². The van der Waals surface area contributed by atoms with E-state index in [2.05, 4.69) is 5.32 Å². The lowest BCUT2D eigenvalue weighted by atomic mass is 9.94. The monoisotopic (exact) mass is 439 g/mol. The second-order valence-electron chi connectivity index (χ2n) is 8.66. The van der Waals surface area contributed by atoms with Crippen LogP contribution in [0.25, 0.3) is 0 Å². The Morgan fingerprint density at radius 2 is 1.84 bits per heavy atom. The minimum atomic E-state index is -0.532. The van der Waals surface area contributed by atoms with E-state index >= 15 is 0 Å². The van der Waals surface area contributed by atoms with Crippen LogP contribution in [0.4, 0.5) is 11.4 Å². The van der Waals surface area contributed by atoms with E-state index in [0.717, 1.165) is 17.0 Å². The van der Waals surface area contributed by atoms with Crippen LogP contribution in [0.5, 0.6) is 0 Å². The second-order valence-corrected chi connectivity index (χ2v) is 9.61. The maximum atomic E-state index is 13.2. The zero-order chi connectivity index (χ0) is 22.6. The third-order valence-electron chi connectivity index (χ3n) is 4.78. The SMILES string of the molecule is CN(C)c1ccc(NC(=O)c2cccs2)cc1CN(Cc1ccco1)C(=O)C(C)(C)C. The smallest absolute Gasteiger partial charge is 0.265 e. The van der Waals surface area contributed by atoms with Gasteiger partial charge in [0.15, 0.2) is 0 Å². The van der Waals surface area contributed by atoms with E-state index in [1.165, 1.54) is 11.3 Å². The molecule has 2 aromatic heterocycles. The zero-order valence-electron chi connectivity index (χ0n) is 18.6. The van der Waals surface area contributed by atoms with Gasteiger partial charge in [-0.25, -0.2) is 0 Å². The van der Waals surface area contributed by atoms with Gasteiger partial charge in [-0.3, -0.25) is 9.59 Å². The molecule has 0 saturated heterocycles. The predicted molar refractivity (Wildman–Crippen MR) is 125 cm³/mol. The number of thiophene rings is 1. The van der Waals surface area contributed by atoms with Crippen molar-refractivity contribution in [3.63, 3.8) is 0 Å². The number of amides is 2. The van der Waals surface area contributed by atoms with Gasteiger partial charge in [-0.15, -0.1) is 11.3 Å². The fourth-order valence-corrected chi connectivity index (χ4v) is 3.92. The number of nitrogens with zero attached hydrogens (tertiary/aromatic N) is 2. The molecule has 0 radical (unpaired) electrons. The highest BCUT2D eigenvalue weighted by atomic mass is 32.1. The van der Waals surface area contributed by atoms with Crippen LogP contribution >= 0.6 is 11.3 Å². The minimum absolute atomic E-state index is 0.0293. The van der Waals surface area contributed by atoms with Crippen molar-refractivity contribution >= 4 is 34.5 Å². The van der Waals surface area contributed by atoms with Crippen molar-refractivity contribution in [3.05, 3.63) is 70.3 Å². The van der Waals surface area contributed by atoms with Gasteiger partial charge in [0.05, 0.1) is 17.7 Å². The topological polar surface area (TPSA) is 65.8 Å². The molecular weight excluding hydrogens is 410 g/mol. The number of carbonyl (C=O) groups excluding carboxylic acids is 2. The Bertz CT molecular complexity index is 1020. The Hall–Kier alpha value is -3.06. The van der Waals surface area contributed by atoms with Crippen molar-refractivity contribution in [3.8, 4) is 0 Å². The lowest BCUT2D eigenvalue weighted by molar-refractivity contribution is -0.141. The summed E-state index contributed by atoms with van der Waals surface area (Å²) in [6.07, 6.45) is 1.61. The molecule has 0 bridgehead atoms. The summed E-state index contributed by atoms with van der Waals surface area (Å²) in [5.41, 5.74) is 2.09. The number of hydrogen-bond acceptors (Lipinski definition) is 5. The molecule has 0 aliphatic carbocycles. The molecule has 0 saturated carbocycles. The van der Waals surface area contributed by atoms with Gasteiger partial charge in [0.2, 0.25) is 5.91 Å². The molecule has 3 rings (SSSR count). The van der Waals surface area contributed by atoms with Crippen molar-refractivity contribution in [1.82, 2.24) is 4.90 Å². The van der Waals surface area contributed by atoms with E-state index in [-0.39, 0.29) is 11.8 Å². The fourth-order valence-electron chi connectivity index (χ4n) is 3.30. The number of nitrogens with one attached hydrogen (secondary N) is 1. The third kappa shape index (κ3) is 5.76. The van der Waals surface area contributed by atoms with Crippen LogP contribution in [0.15, 0.2) is 58.5 Å². The summed E-state index contributed by atoms with van der Waals surface area (Å²) < 4.78 is 5.50. The quantitative estimate of drug-likeness (QED) is 0.547. The number of hydrogen-bond donors (Lipinski definition) is 1. The summed E-state index contributed by atoms with van der Waals surface area (Å²) in [7, 11) is 3.93. The van der Waals surface area contributed by atoms with Gasteiger partial charge >= 0.3 is 0 Å². The Kier molecular flexibility index (Phi) is 6.85. The summed E-state index contributed by atoms with van der Waals surface area (Å²) >= 11 is 1.40. The summed E-state index contributed by atoms with van der Waals surface area (Å²) in [5, 5.41) is 4.84. The van der Waals surface area contributed by atoms with Crippen LogP contribution in [0, 0.1) is 5.41 Å². The second kappa shape index (κ2) is 9.39. The lowest BCUT2D eigenvalue weighted by Crippen LogP contribution is -2.38. The first-order chi connectivity index (χ1) is 14.6. The molecule has 0 spiro atoms. The van der Waals surface area contributed by atoms with Gasteiger partial charge in [-0.1, -0.05) is 26.8 Å². The lowest BCUT2D eigenvalue weighted by Gasteiger charge is -2.30. The Labute approximate surface area is 187 Å². The van der Waals surface area contributed by atoms with Gasteiger partial charge in [0.25, 0.3) is 5.91 Å². The summed E-state index contributed by atoms with van der Waals surface area (Å²) in [5.74, 6) is 0.615. The standard InChI is InChI=1S/C24H29N3O3S/c1-24(2,3)23(29)27(16-19-8-6-12-30-19)15-17-14-18(10-11-20(17)26(4)5)25-22(28)21-9-7-13-31-21/h6-14H,15-16H2,1-5H3,(H,25,28). The molecule has 0 aliphatic heterocycles. The Balaban J connectivity index is 1.91. The molecule has 0 atom stereocenters. The fraction of sp³-hybridized carbons (Fsp3) is 0.333. The van der Waals surface area contributed by atoms with Crippen molar-refractivity contribution in [1.29, 1.82) is 0 Å². The van der Waals surface area contributed by atoms with E-state index in [0.29, 0.717) is 23.7 Å². The number of benzene rings is 1. The summed E-state index contributed by atoms with van der Waals surface area (Å²) in [6, 6.07) is 13.1. The highest BCUT2D eigenvalue weighted by Gasteiger charge is 2.28. The van der Waals surface area contributed by atoms with E-state index in [1.54, 1.807) is 17.2 Å². The van der Waals surface area contributed by atoms with Gasteiger partial charge in [-0.05, 0) is 47.3 Å². The molecular formula is C24H29N3O3S. The van der Waals surface area contributed by atoms with Crippen molar-refractivity contribution in [2.45, 2.75) is 33.9 Å². The zero-order valence-corrected chi connectivity index (χ0v) is 19.5. The van der Waals surface area contributed by atoms with E-state index in [4.69, 9.17) is 4.42 Å². The predicted octanol–water partition coefficient (Wildman–Crippen LogP) is 5.23. The van der Waals surface area contributed by atoms with Crippen LogP contribution in [0.1, 0.15) is 41.8 Å². The maximum absolute atomic E-state index is 13.2. The van der Waals surface area contributed by atoms with Crippen LogP contribution < -0.4 is 10.2 Å². The van der Waals surface area contributed by atoms with Crippen molar-refractivity contribution in [2.75, 3.05) is 24.3 Å². The van der Waals surface area contributed by atoms with Gasteiger partial charge < -0.3 is 19.5 Å². The van der Waals surface area contributed by atoms with Gasteiger partial charge in [0.1, 0.15) is 5.76 Å². The molecule has 7 heteroatoms. The third-order valence-corrected chi connectivity index (χ3v) is 5.65. The van der Waals surface area contributed by atoms with Crippen LogP contribution in [-0.2, 0) is 17.9 Å². The van der Waals surface area contributed by atoms with Crippen LogP contribution in [0.3, 0.4) is 0 Å². The Morgan fingerprint density at radius 1 is 1.06 bits per heavy atom. The molecule has 2 heterocycles. The first-order valence-electron chi connectivity index (χ1n) is 10.1. The average Bonchev–Trinajstić information content (AvgIpc) is 3.40. The molecule has 164 valence electrons. The van der Waals surface area contributed by atoms with Crippen molar-refractivity contribution in [2.24, 2.45) is 5.41 Å². The van der Waals surface area contributed by atoms with Crippen molar-refractivity contribution < 1.29 is 14.0 Å². The summed E-state index contributed by atoms with van der Waals surface area (Å²) in [4.78, 5) is 30.1. The normalized spacial score (nSPS) is 11.3. The number of furan rings is 1. The van der Waals surface area contributed by atoms with Crippen LogP contribution in [-0.4, -0.2) is 30.8 Å². The summed E-state index contributed by atoms with van der Waals surface area (Å²) in [6.45, 7) is 6.51. The molecule has 31 heavy (non-hydrogen) atoms. The molecule has 3 aromatic rings. The first-order valence-corrected chi connectivity index (χ1v) is 11.0. The molecule has 0 unspecified atom stereocenters. The van der Waals surface area contributed by atoms with Crippen LogP contribution in [0.2, 0.25) is 0 Å². The molecule has 0 aliphatic rings. The Morgan fingerprint density at radius 3 is 2.42 bits per heavy atom. The number of rotatable bonds is 7. The number of anilines is 2. The minimum Gasteiger partial charge on any atom is -0.467 e. The molecule has 6 nitrogen and oxygen atoms in total. The first kappa shape index (κ1) is 22.6. The highest BCUT2D eigenvalue weighted by molar-refractivity contribution is 7.12. The maximum Gasteiger partial charge on any atom is 0.265 e. The van der Waals surface area contributed by atoms with E-state index in [9.17, 15) is 9.59 Å². The molecule has 0 fully saturated rings.